The monoisotopic (exact) mass is 358 g/mol. The van der Waals surface area contributed by atoms with Crippen LogP contribution in [-0.2, 0) is 4.74 Å². The summed E-state index contributed by atoms with van der Waals surface area (Å²) in [6.07, 6.45) is 3.08. The predicted molar refractivity (Wildman–Crippen MR) is 93.1 cm³/mol. The van der Waals surface area contributed by atoms with Crippen molar-refractivity contribution in [2.24, 2.45) is 0 Å². The molecule has 3 aliphatic rings. The summed E-state index contributed by atoms with van der Waals surface area (Å²) in [6.45, 7) is 6.90. The van der Waals surface area contributed by atoms with Gasteiger partial charge in [0.1, 0.15) is 11.4 Å². The molecule has 138 valence electrons. The number of carbonyl (C=O) groups excluding carboxylic acids is 1. The van der Waals surface area contributed by atoms with Gasteiger partial charge >= 0.3 is 6.09 Å². The van der Waals surface area contributed by atoms with Gasteiger partial charge in [0, 0.05) is 19.1 Å². The van der Waals surface area contributed by atoms with Crippen LogP contribution in [0.5, 0.6) is 0 Å². The molecule has 10 heteroatoms. The topological polar surface area (TPSA) is 101 Å². The quantitative estimate of drug-likeness (QED) is 0.860. The molecule has 1 amide bonds. The van der Waals surface area contributed by atoms with Gasteiger partial charge in [-0.3, -0.25) is 0 Å². The highest BCUT2D eigenvalue weighted by Gasteiger charge is 2.30. The number of hydrogen-bond donors (Lipinski definition) is 1. The number of nitrogens with zero attached hydrogens (tertiary/aromatic N) is 7. The third-order valence-corrected chi connectivity index (χ3v) is 4.32. The van der Waals surface area contributed by atoms with Crippen molar-refractivity contribution in [3.63, 3.8) is 0 Å². The second-order valence-electron chi connectivity index (χ2n) is 7.47. The van der Waals surface area contributed by atoms with E-state index in [1.54, 1.807) is 20.8 Å². The summed E-state index contributed by atoms with van der Waals surface area (Å²) in [5, 5.41) is 13.7. The lowest BCUT2D eigenvalue weighted by molar-refractivity contribution is 0.0198. The zero-order chi connectivity index (χ0) is 18.3. The van der Waals surface area contributed by atoms with E-state index in [1.165, 1.54) is 0 Å². The number of amides is 1. The molecule has 0 spiro atoms. The Labute approximate surface area is 151 Å². The molecule has 0 aromatic carbocycles. The van der Waals surface area contributed by atoms with Gasteiger partial charge in [0.15, 0.2) is 0 Å². The number of hydrazine groups is 1. The molecule has 1 N–H and O–H groups in total. The van der Waals surface area contributed by atoms with Crippen LogP contribution in [0, 0.1) is 0 Å². The number of likely N-dealkylation sites (tertiary alicyclic amines) is 1. The molecule has 5 heterocycles. The fourth-order valence-corrected chi connectivity index (χ4v) is 3.05. The summed E-state index contributed by atoms with van der Waals surface area (Å²) < 4.78 is 7.09. The molecule has 2 aromatic heterocycles. The number of carbonyl (C=O) groups is 1. The van der Waals surface area contributed by atoms with Gasteiger partial charge in [0.05, 0.1) is 11.9 Å². The Bertz CT molecular complexity index is 789. The molecule has 0 unspecified atom stereocenters. The Kier molecular flexibility index (Phi) is 3.98. The highest BCUT2D eigenvalue weighted by Crippen LogP contribution is 2.27. The van der Waals surface area contributed by atoms with E-state index in [-0.39, 0.29) is 12.1 Å². The van der Waals surface area contributed by atoms with Crippen molar-refractivity contribution >= 4 is 17.9 Å². The average molecular weight is 358 g/mol. The SMILES string of the molecule is CC(C)(C)OC(=O)N1CCC(NN2c3ccc(cn3)-n3nnnc32)CC1. The standard InChI is InChI=1S/C16H22N8O2/c1-16(2,3)26-15(25)22-8-6-11(7-9-22)19-24-13-5-4-12(10-17-13)23-14(24)18-20-21-23/h4-5,10-11,19H,6-9H2,1-3H3. The van der Waals surface area contributed by atoms with Crippen molar-refractivity contribution in [3.05, 3.63) is 18.3 Å². The number of rotatable bonds is 2. The van der Waals surface area contributed by atoms with Crippen LogP contribution in [0.2, 0.25) is 0 Å². The van der Waals surface area contributed by atoms with Crippen LogP contribution in [0.1, 0.15) is 33.6 Å². The van der Waals surface area contributed by atoms with Crippen molar-refractivity contribution in [2.45, 2.75) is 45.3 Å². The predicted octanol–water partition coefficient (Wildman–Crippen LogP) is 1.41. The molecular formula is C16H22N8O2. The van der Waals surface area contributed by atoms with Crippen LogP contribution >= 0.6 is 0 Å². The van der Waals surface area contributed by atoms with Gasteiger partial charge in [-0.25, -0.2) is 20.2 Å². The van der Waals surface area contributed by atoms with Gasteiger partial charge < -0.3 is 9.64 Å². The maximum atomic E-state index is 12.2. The van der Waals surface area contributed by atoms with E-state index in [2.05, 4.69) is 25.9 Å². The summed E-state index contributed by atoms with van der Waals surface area (Å²) in [4.78, 5) is 18.4. The van der Waals surface area contributed by atoms with Gasteiger partial charge in [0.2, 0.25) is 0 Å². The molecule has 0 aliphatic carbocycles. The van der Waals surface area contributed by atoms with Crippen LogP contribution in [-0.4, -0.2) is 60.9 Å². The number of nitrogens with one attached hydrogen (secondary N) is 1. The second kappa shape index (κ2) is 6.20. The van der Waals surface area contributed by atoms with Crippen LogP contribution < -0.4 is 10.4 Å². The minimum Gasteiger partial charge on any atom is -0.444 e. The first-order valence-electron chi connectivity index (χ1n) is 8.70. The van der Waals surface area contributed by atoms with Crippen LogP contribution in [0.25, 0.3) is 5.69 Å². The zero-order valence-electron chi connectivity index (χ0n) is 15.1. The lowest BCUT2D eigenvalue weighted by Gasteiger charge is -2.35. The lowest BCUT2D eigenvalue weighted by Crippen LogP contribution is -2.50. The Morgan fingerprint density at radius 3 is 2.69 bits per heavy atom. The molecule has 2 bridgehead atoms. The van der Waals surface area contributed by atoms with Gasteiger partial charge in [-0.15, -0.1) is 0 Å². The van der Waals surface area contributed by atoms with Crippen LogP contribution in [0.15, 0.2) is 18.3 Å². The first-order valence-corrected chi connectivity index (χ1v) is 8.70. The second-order valence-corrected chi connectivity index (χ2v) is 7.47. The van der Waals surface area contributed by atoms with Gasteiger partial charge in [-0.05, 0) is 56.2 Å². The minimum atomic E-state index is -0.479. The van der Waals surface area contributed by atoms with E-state index < -0.39 is 5.60 Å². The average Bonchev–Trinajstić information content (AvgIpc) is 2.99. The Morgan fingerprint density at radius 1 is 1.27 bits per heavy atom. The summed E-state index contributed by atoms with van der Waals surface area (Å²) >= 11 is 0. The number of hydrogen-bond acceptors (Lipinski definition) is 8. The molecule has 0 radical (unpaired) electrons. The van der Waals surface area contributed by atoms with Gasteiger partial charge in [-0.1, -0.05) is 5.10 Å². The van der Waals surface area contributed by atoms with E-state index >= 15 is 0 Å². The number of ether oxygens (including phenoxy) is 1. The molecule has 1 fully saturated rings. The fourth-order valence-electron chi connectivity index (χ4n) is 3.05. The summed E-state index contributed by atoms with van der Waals surface area (Å²) in [5.74, 6) is 1.31. The normalized spacial score (nSPS) is 17.2. The summed E-state index contributed by atoms with van der Waals surface area (Å²) in [6, 6.07) is 4.01. The number of piperidine rings is 1. The van der Waals surface area contributed by atoms with Crippen molar-refractivity contribution < 1.29 is 9.53 Å². The van der Waals surface area contributed by atoms with Gasteiger partial charge in [0.25, 0.3) is 5.95 Å². The van der Waals surface area contributed by atoms with Crippen molar-refractivity contribution in [2.75, 3.05) is 18.1 Å². The Morgan fingerprint density at radius 2 is 2.04 bits per heavy atom. The van der Waals surface area contributed by atoms with E-state index in [0.29, 0.717) is 19.0 Å². The van der Waals surface area contributed by atoms with E-state index in [4.69, 9.17) is 4.74 Å². The van der Waals surface area contributed by atoms with Crippen molar-refractivity contribution in [1.82, 2.24) is 35.5 Å². The number of pyridine rings is 1. The van der Waals surface area contributed by atoms with Gasteiger partial charge in [-0.2, -0.15) is 4.68 Å². The van der Waals surface area contributed by atoms with Crippen LogP contribution in [0.3, 0.4) is 0 Å². The highest BCUT2D eigenvalue weighted by atomic mass is 16.6. The Balaban J connectivity index is 1.41. The van der Waals surface area contributed by atoms with Crippen molar-refractivity contribution in [3.8, 4) is 5.69 Å². The first kappa shape index (κ1) is 16.7. The highest BCUT2D eigenvalue weighted by molar-refractivity contribution is 5.68. The largest absolute Gasteiger partial charge is 0.444 e. The maximum Gasteiger partial charge on any atom is 0.410 e. The molecule has 2 aromatic rings. The minimum absolute atomic E-state index is 0.178. The third kappa shape index (κ3) is 3.19. The summed E-state index contributed by atoms with van der Waals surface area (Å²) in [5.41, 5.74) is 3.79. The number of anilines is 2. The summed E-state index contributed by atoms with van der Waals surface area (Å²) in [7, 11) is 0. The zero-order valence-corrected chi connectivity index (χ0v) is 15.1. The molecule has 0 saturated carbocycles. The maximum absolute atomic E-state index is 12.2. The molecule has 5 rings (SSSR count). The molecule has 26 heavy (non-hydrogen) atoms. The molecule has 3 aliphatic heterocycles. The number of aromatic nitrogens is 5. The Hall–Kier alpha value is -2.75. The first-order chi connectivity index (χ1) is 12.4. The molecule has 0 atom stereocenters. The van der Waals surface area contributed by atoms with Crippen LogP contribution in [0.4, 0.5) is 16.6 Å². The fraction of sp³-hybridized carbons (Fsp3) is 0.562. The van der Waals surface area contributed by atoms with E-state index in [9.17, 15) is 4.79 Å². The molecular weight excluding hydrogens is 336 g/mol. The molecule has 10 nitrogen and oxygen atoms in total. The smallest absolute Gasteiger partial charge is 0.410 e. The number of tetrazole rings is 1. The third-order valence-electron chi connectivity index (χ3n) is 4.32. The number of fused-ring (bicyclic) bond motifs is 2. The van der Waals surface area contributed by atoms with E-state index in [1.807, 2.05) is 32.9 Å². The lowest BCUT2D eigenvalue weighted by atomic mass is 10.1. The van der Waals surface area contributed by atoms with Crippen molar-refractivity contribution in [1.29, 1.82) is 0 Å². The van der Waals surface area contributed by atoms with E-state index in [0.717, 1.165) is 24.3 Å². The molecule has 1 saturated heterocycles.